The molecular weight excluding hydrogens is 226 g/mol. The standard InChI is InChI=1S/C15H23NO2/c1-5-18-15(17)11-16(12(2)3)10-14-8-6-7-13(4)9-14/h6-9,12H,5,10-11H2,1-4H3. The maximum absolute atomic E-state index is 11.6. The van der Waals surface area contributed by atoms with Gasteiger partial charge in [-0.15, -0.1) is 0 Å². The van der Waals surface area contributed by atoms with E-state index in [1.54, 1.807) is 0 Å². The van der Waals surface area contributed by atoms with Crippen molar-refractivity contribution in [1.82, 2.24) is 4.90 Å². The SMILES string of the molecule is CCOC(=O)CN(Cc1cccc(C)c1)C(C)C. The molecule has 18 heavy (non-hydrogen) atoms. The number of ether oxygens (including phenoxy) is 1. The third kappa shape index (κ3) is 4.88. The lowest BCUT2D eigenvalue weighted by molar-refractivity contribution is -0.145. The maximum atomic E-state index is 11.6. The van der Waals surface area contributed by atoms with Crippen LogP contribution in [0.2, 0.25) is 0 Å². The fourth-order valence-corrected chi connectivity index (χ4v) is 1.84. The summed E-state index contributed by atoms with van der Waals surface area (Å²) in [7, 11) is 0. The highest BCUT2D eigenvalue weighted by Gasteiger charge is 2.15. The Morgan fingerprint density at radius 2 is 2.11 bits per heavy atom. The lowest BCUT2D eigenvalue weighted by Crippen LogP contribution is -2.36. The molecule has 3 heteroatoms. The average Bonchev–Trinajstić information content (AvgIpc) is 2.28. The third-order valence-electron chi connectivity index (χ3n) is 2.84. The van der Waals surface area contributed by atoms with Crippen LogP contribution in [0.15, 0.2) is 24.3 Å². The molecule has 0 radical (unpaired) electrons. The van der Waals surface area contributed by atoms with Gasteiger partial charge in [-0.2, -0.15) is 0 Å². The predicted molar refractivity (Wildman–Crippen MR) is 73.4 cm³/mol. The molecule has 3 nitrogen and oxygen atoms in total. The molecule has 0 aliphatic rings. The summed E-state index contributed by atoms with van der Waals surface area (Å²) < 4.78 is 5.00. The molecule has 0 heterocycles. The largest absolute Gasteiger partial charge is 0.465 e. The van der Waals surface area contributed by atoms with Crippen LogP contribution >= 0.6 is 0 Å². The summed E-state index contributed by atoms with van der Waals surface area (Å²) in [4.78, 5) is 13.7. The van der Waals surface area contributed by atoms with Gasteiger partial charge in [0.2, 0.25) is 0 Å². The second-order valence-corrected chi connectivity index (χ2v) is 4.79. The van der Waals surface area contributed by atoms with Crippen molar-refractivity contribution in [3.05, 3.63) is 35.4 Å². The van der Waals surface area contributed by atoms with Gasteiger partial charge in [-0.25, -0.2) is 0 Å². The zero-order valence-corrected chi connectivity index (χ0v) is 11.8. The van der Waals surface area contributed by atoms with Crippen LogP contribution in [0.5, 0.6) is 0 Å². The van der Waals surface area contributed by atoms with E-state index in [2.05, 4.69) is 43.9 Å². The molecule has 0 N–H and O–H groups in total. The normalized spacial score (nSPS) is 11.0. The molecule has 1 aromatic rings. The highest BCUT2D eigenvalue weighted by molar-refractivity contribution is 5.71. The van der Waals surface area contributed by atoms with Crippen LogP contribution in [0, 0.1) is 6.92 Å². The van der Waals surface area contributed by atoms with Gasteiger partial charge in [0.1, 0.15) is 0 Å². The van der Waals surface area contributed by atoms with Crippen LogP contribution in [0.3, 0.4) is 0 Å². The summed E-state index contributed by atoms with van der Waals surface area (Å²) in [5.74, 6) is -0.154. The van der Waals surface area contributed by atoms with Crippen molar-refractivity contribution in [2.75, 3.05) is 13.2 Å². The van der Waals surface area contributed by atoms with Crippen LogP contribution in [0.1, 0.15) is 31.9 Å². The van der Waals surface area contributed by atoms with Crippen molar-refractivity contribution < 1.29 is 9.53 Å². The van der Waals surface area contributed by atoms with Gasteiger partial charge in [-0.05, 0) is 33.3 Å². The number of esters is 1. The average molecular weight is 249 g/mol. The fraction of sp³-hybridized carbons (Fsp3) is 0.533. The van der Waals surface area contributed by atoms with E-state index in [9.17, 15) is 4.79 Å². The molecule has 0 bridgehead atoms. The highest BCUT2D eigenvalue weighted by Crippen LogP contribution is 2.10. The molecule has 0 unspecified atom stereocenters. The first-order valence-corrected chi connectivity index (χ1v) is 6.48. The second kappa shape index (κ2) is 7.17. The first-order valence-electron chi connectivity index (χ1n) is 6.48. The van der Waals surface area contributed by atoms with Crippen molar-refractivity contribution in [1.29, 1.82) is 0 Å². The molecule has 0 saturated carbocycles. The molecule has 0 aromatic heterocycles. The number of hydrogen-bond donors (Lipinski definition) is 0. The van der Waals surface area contributed by atoms with E-state index in [1.165, 1.54) is 11.1 Å². The van der Waals surface area contributed by atoms with Crippen molar-refractivity contribution in [2.24, 2.45) is 0 Å². The quantitative estimate of drug-likeness (QED) is 0.726. The van der Waals surface area contributed by atoms with Gasteiger partial charge >= 0.3 is 5.97 Å². The van der Waals surface area contributed by atoms with E-state index in [1.807, 2.05) is 13.0 Å². The van der Waals surface area contributed by atoms with Gasteiger partial charge in [0.15, 0.2) is 0 Å². The Morgan fingerprint density at radius 3 is 2.67 bits per heavy atom. The minimum atomic E-state index is -0.154. The van der Waals surface area contributed by atoms with E-state index < -0.39 is 0 Å². The number of aryl methyl sites for hydroxylation is 1. The van der Waals surface area contributed by atoms with Crippen molar-refractivity contribution >= 4 is 5.97 Å². The minimum Gasteiger partial charge on any atom is -0.465 e. The van der Waals surface area contributed by atoms with Crippen LogP contribution in [-0.2, 0) is 16.1 Å². The first kappa shape index (κ1) is 14.7. The number of benzene rings is 1. The molecule has 0 fully saturated rings. The van der Waals surface area contributed by atoms with E-state index in [-0.39, 0.29) is 5.97 Å². The topological polar surface area (TPSA) is 29.5 Å². The highest BCUT2D eigenvalue weighted by atomic mass is 16.5. The van der Waals surface area contributed by atoms with Crippen LogP contribution in [0.25, 0.3) is 0 Å². The third-order valence-corrected chi connectivity index (χ3v) is 2.84. The predicted octanol–water partition coefficient (Wildman–Crippen LogP) is 2.77. The zero-order valence-electron chi connectivity index (χ0n) is 11.8. The molecule has 0 saturated heterocycles. The van der Waals surface area contributed by atoms with Gasteiger partial charge < -0.3 is 4.74 Å². The number of hydrogen-bond acceptors (Lipinski definition) is 3. The van der Waals surface area contributed by atoms with E-state index in [0.29, 0.717) is 19.2 Å². The summed E-state index contributed by atoms with van der Waals surface area (Å²) >= 11 is 0. The Hall–Kier alpha value is -1.35. The number of carbonyl (C=O) groups excluding carboxylic acids is 1. The number of rotatable bonds is 6. The zero-order chi connectivity index (χ0) is 13.5. The van der Waals surface area contributed by atoms with E-state index in [4.69, 9.17) is 4.74 Å². The molecule has 0 atom stereocenters. The fourth-order valence-electron chi connectivity index (χ4n) is 1.84. The Morgan fingerprint density at radius 1 is 1.39 bits per heavy atom. The molecule has 1 aromatic carbocycles. The molecule has 100 valence electrons. The lowest BCUT2D eigenvalue weighted by Gasteiger charge is -2.25. The summed E-state index contributed by atoms with van der Waals surface area (Å²) in [6.07, 6.45) is 0. The molecule has 0 amide bonds. The maximum Gasteiger partial charge on any atom is 0.320 e. The van der Waals surface area contributed by atoms with E-state index >= 15 is 0 Å². The van der Waals surface area contributed by atoms with Crippen LogP contribution in [-0.4, -0.2) is 30.1 Å². The van der Waals surface area contributed by atoms with Gasteiger partial charge in [0.05, 0.1) is 13.2 Å². The molecule has 1 rings (SSSR count). The van der Waals surface area contributed by atoms with Crippen molar-refractivity contribution in [3.63, 3.8) is 0 Å². The summed E-state index contributed by atoms with van der Waals surface area (Å²) in [5.41, 5.74) is 2.47. The summed E-state index contributed by atoms with van der Waals surface area (Å²) in [5, 5.41) is 0. The van der Waals surface area contributed by atoms with Gasteiger partial charge in [0, 0.05) is 12.6 Å². The van der Waals surface area contributed by atoms with Crippen molar-refractivity contribution in [2.45, 2.75) is 40.3 Å². The van der Waals surface area contributed by atoms with Crippen LogP contribution in [0.4, 0.5) is 0 Å². The van der Waals surface area contributed by atoms with Gasteiger partial charge in [-0.3, -0.25) is 9.69 Å². The van der Waals surface area contributed by atoms with E-state index in [0.717, 1.165) is 6.54 Å². The van der Waals surface area contributed by atoms with Crippen LogP contribution < -0.4 is 0 Å². The number of carbonyl (C=O) groups is 1. The van der Waals surface area contributed by atoms with Gasteiger partial charge in [-0.1, -0.05) is 29.8 Å². The smallest absolute Gasteiger partial charge is 0.320 e. The van der Waals surface area contributed by atoms with Gasteiger partial charge in [0.25, 0.3) is 0 Å². The Bertz CT molecular complexity index is 388. The monoisotopic (exact) mass is 249 g/mol. The molecule has 0 aliphatic heterocycles. The Balaban J connectivity index is 2.66. The minimum absolute atomic E-state index is 0.154. The molecular formula is C15H23NO2. The first-order chi connectivity index (χ1) is 8.52. The summed E-state index contributed by atoms with van der Waals surface area (Å²) in [6.45, 7) is 9.66. The second-order valence-electron chi connectivity index (χ2n) is 4.79. The number of nitrogens with zero attached hydrogens (tertiary/aromatic N) is 1. The Kier molecular flexibility index (Phi) is 5.86. The lowest BCUT2D eigenvalue weighted by atomic mass is 10.1. The Labute approximate surface area is 110 Å². The van der Waals surface area contributed by atoms with Crippen molar-refractivity contribution in [3.8, 4) is 0 Å². The summed E-state index contributed by atoms with van der Waals surface area (Å²) in [6, 6.07) is 8.69. The molecule has 0 aliphatic carbocycles. The molecule has 0 spiro atoms.